The van der Waals surface area contributed by atoms with E-state index in [4.69, 9.17) is 0 Å². The third-order valence-electron chi connectivity index (χ3n) is 1.67. The Morgan fingerprint density at radius 2 is 1.58 bits per heavy atom. The van der Waals surface area contributed by atoms with Gasteiger partial charge in [0.2, 0.25) is 0 Å². The molecule has 3 heteroatoms. The summed E-state index contributed by atoms with van der Waals surface area (Å²) >= 11 is 2.00. The zero-order chi connectivity index (χ0) is 9.61. The molecule has 0 radical (unpaired) electrons. The van der Waals surface area contributed by atoms with Gasteiger partial charge in [0, 0.05) is 18.8 Å². The van der Waals surface area contributed by atoms with Gasteiger partial charge < -0.3 is 0 Å². The van der Waals surface area contributed by atoms with Crippen molar-refractivity contribution in [3.05, 3.63) is 0 Å². The van der Waals surface area contributed by atoms with E-state index in [0.717, 1.165) is 0 Å². The van der Waals surface area contributed by atoms with Gasteiger partial charge in [-0.1, -0.05) is 25.8 Å². The van der Waals surface area contributed by atoms with Gasteiger partial charge >= 0.3 is 0 Å². The number of hydrogen-bond donors (Lipinski definition) is 0. The molecule has 0 aliphatic heterocycles. The molecule has 0 aromatic rings. The third-order valence-corrected chi connectivity index (χ3v) is 4.63. The standard InChI is InChI=1S/C9H23NS2/c1-6-10(7-2)11-8-9-12(3,4)5/h6-9H2,1-5H3. The first-order valence-electron chi connectivity index (χ1n) is 4.53. The average molecular weight is 209 g/mol. The van der Waals surface area contributed by atoms with Gasteiger partial charge in [-0.3, -0.25) is 4.31 Å². The predicted octanol–water partition coefficient (Wildman–Crippen LogP) is 2.67. The Labute approximate surface area is 83.7 Å². The molecule has 0 N–H and O–H groups in total. The molecule has 0 spiro atoms. The monoisotopic (exact) mass is 209 g/mol. The van der Waals surface area contributed by atoms with Crippen molar-refractivity contribution in [2.24, 2.45) is 0 Å². The van der Waals surface area contributed by atoms with Crippen LogP contribution in [0.4, 0.5) is 0 Å². The fraction of sp³-hybridized carbons (Fsp3) is 1.00. The molecule has 1 nitrogen and oxygen atoms in total. The zero-order valence-electron chi connectivity index (χ0n) is 9.09. The van der Waals surface area contributed by atoms with Crippen LogP contribution in [-0.4, -0.2) is 47.7 Å². The van der Waals surface area contributed by atoms with E-state index in [0.29, 0.717) is 0 Å². The topological polar surface area (TPSA) is 3.24 Å². The van der Waals surface area contributed by atoms with Gasteiger partial charge in [0.15, 0.2) is 0 Å². The molecule has 12 heavy (non-hydrogen) atoms. The Balaban J connectivity index is 3.41. The van der Waals surface area contributed by atoms with Crippen LogP contribution >= 0.6 is 22.0 Å². The predicted molar refractivity (Wildman–Crippen MR) is 65.6 cm³/mol. The third kappa shape index (κ3) is 7.32. The maximum Gasteiger partial charge on any atom is 0.0157 e. The summed E-state index contributed by atoms with van der Waals surface area (Å²) in [5.74, 6) is 2.68. The van der Waals surface area contributed by atoms with Crippen LogP contribution in [0, 0.1) is 0 Å². The van der Waals surface area contributed by atoms with Crippen LogP contribution in [0.1, 0.15) is 13.8 Å². The minimum Gasteiger partial charge on any atom is -0.251 e. The molecule has 0 aromatic heterocycles. The summed E-state index contributed by atoms with van der Waals surface area (Å²) in [5, 5.41) is 0. The second-order valence-corrected chi connectivity index (χ2v) is 9.52. The molecule has 0 atom stereocenters. The van der Waals surface area contributed by atoms with Crippen molar-refractivity contribution in [1.29, 1.82) is 0 Å². The molecule has 0 fully saturated rings. The first-order valence-corrected chi connectivity index (χ1v) is 8.50. The zero-order valence-corrected chi connectivity index (χ0v) is 10.7. The van der Waals surface area contributed by atoms with Crippen molar-refractivity contribution < 1.29 is 0 Å². The maximum atomic E-state index is 2.42. The summed E-state index contributed by atoms with van der Waals surface area (Å²) in [4.78, 5) is 0. The molecule has 0 aliphatic carbocycles. The van der Waals surface area contributed by atoms with Crippen LogP contribution in [0.15, 0.2) is 0 Å². The van der Waals surface area contributed by atoms with Crippen LogP contribution in [0.5, 0.6) is 0 Å². The van der Waals surface area contributed by atoms with Gasteiger partial charge in [0.1, 0.15) is 0 Å². The first-order chi connectivity index (χ1) is 5.49. The second-order valence-electron chi connectivity index (χ2n) is 3.74. The molecule has 0 aromatic carbocycles. The van der Waals surface area contributed by atoms with Gasteiger partial charge in [-0.25, -0.2) is 10.0 Å². The van der Waals surface area contributed by atoms with Crippen molar-refractivity contribution in [1.82, 2.24) is 4.31 Å². The normalized spacial score (nSPS) is 13.8. The quantitative estimate of drug-likeness (QED) is 0.619. The van der Waals surface area contributed by atoms with Crippen LogP contribution < -0.4 is 0 Å². The SMILES string of the molecule is CCN(CC)SCCS(C)(C)C. The van der Waals surface area contributed by atoms with Crippen molar-refractivity contribution >= 4 is 22.0 Å². The molecule has 0 amide bonds. The molecular weight excluding hydrogens is 186 g/mol. The Bertz CT molecular complexity index is 106. The van der Waals surface area contributed by atoms with Crippen LogP contribution in [0.3, 0.4) is 0 Å². The Morgan fingerprint density at radius 3 is 1.92 bits per heavy atom. The molecule has 0 unspecified atom stereocenters. The summed E-state index contributed by atoms with van der Waals surface area (Å²) in [6.45, 7) is 6.78. The van der Waals surface area contributed by atoms with E-state index in [1.54, 1.807) is 0 Å². The highest BCUT2D eigenvalue weighted by atomic mass is 32.3. The van der Waals surface area contributed by atoms with Gasteiger partial charge in [-0.15, -0.1) is 0 Å². The maximum absolute atomic E-state index is 2.42. The fourth-order valence-corrected chi connectivity index (χ4v) is 3.74. The van der Waals surface area contributed by atoms with Crippen molar-refractivity contribution in [2.75, 3.05) is 43.4 Å². The van der Waals surface area contributed by atoms with Crippen LogP contribution in [0.2, 0.25) is 0 Å². The second kappa shape index (κ2) is 6.17. The van der Waals surface area contributed by atoms with E-state index in [9.17, 15) is 0 Å². The molecule has 0 aliphatic rings. The van der Waals surface area contributed by atoms with E-state index >= 15 is 0 Å². The van der Waals surface area contributed by atoms with E-state index in [-0.39, 0.29) is 10.0 Å². The molecule has 76 valence electrons. The van der Waals surface area contributed by atoms with Crippen molar-refractivity contribution in [3.8, 4) is 0 Å². The lowest BCUT2D eigenvalue weighted by Crippen LogP contribution is -2.16. The van der Waals surface area contributed by atoms with Gasteiger partial charge in [-0.05, 0) is 24.5 Å². The molecule has 0 rings (SSSR count). The van der Waals surface area contributed by atoms with E-state index in [1.165, 1.54) is 24.6 Å². The summed E-state index contributed by atoms with van der Waals surface area (Å²) in [7, 11) is -0.284. The Hall–Kier alpha value is 0.660. The van der Waals surface area contributed by atoms with Crippen molar-refractivity contribution in [3.63, 3.8) is 0 Å². The molecular formula is C9H23NS2. The highest BCUT2D eigenvalue weighted by Crippen LogP contribution is 2.35. The largest absolute Gasteiger partial charge is 0.251 e. The molecule has 0 heterocycles. The highest BCUT2D eigenvalue weighted by Gasteiger charge is 2.05. The number of hydrogen-bond acceptors (Lipinski definition) is 2. The minimum atomic E-state index is -0.284. The van der Waals surface area contributed by atoms with E-state index in [1.807, 2.05) is 11.9 Å². The smallest absolute Gasteiger partial charge is 0.0157 e. The first kappa shape index (κ1) is 12.7. The van der Waals surface area contributed by atoms with Crippen molar-refractivity contribution in [2.45, 2.75) is 13.8 Å². The summed E-state index contributed by atoms with van der Waals surface area (Å²) in [6.07, 6.45) is 7.15. The Kier molecular flexibility index (Phi) is 6.50. The van der Waals surface area contributed by atoms with Crippen LogP contribution in [-0.2, 0) is 0 Å². The summed E-state index contributed by atoms with van der Waals surface area (Å²) in [5.41, 5.74) is 0. The van der Waals surface area contributed by atoms with E-state index in [2.05, 4.69) is 36.9 Å². The number of rotatable bonds is 6. The van der Waals surface area contributed by atoms with Gasteiger partial charge in [0.05, 0.1) is 0 Å². The van der Waals surface area contributed by atoms with E-state index < -0.39 is 0 Å². The Morgan fingerprint density at radius 1 is 1.08 bits per heavy atom. The summed E-state index contributed by atoms with van der Waals surface area (Å²) < 4.78 is 2.42. The average Bonchev–Trinajstić information content (AvgIpc) is 1.96. The summed E-state index contributed by atoms with van der Waals surface area (Å²) in [6, 6.07) is 0. The lowest BCUT2D eigenvalue weighted by Gasteiger charge is -2.26. The number of nitrogens with zero attached hydrogens (tertiary/aromatic N) is 1. The lowest BCUT2D eigenvalue weighted by molar-refractivity contribution is 0.525. The molecule has 0 saturated carbocycles. The molecule has 0 bridgehead atoms. The fourth-order valence-electron chi connectivity index (χ4n) is 0.823. The molecule has 0 saturated heterocycles. The highest BCUT2D eigenvalue weighted by molar-refractivity contribution is 8.32. The van der Waals surface area contributed by atoms with Gasteiger partial charge in [-0.2, -0.15) is 0 Å². The minimum absolute atomic E-state index is 0.284. The van der Waals surface area contributed by atoms with Gasteiger partial charge in [0.25, 0.3) is 0 Å². The lowest BCUT2D eigenvalue weighted by atomic mass is 10.7. The van der Waals surface area contributed by atoms with Crippen LogP contribution in [0.25, 0.3) is 0 Å².